The van der Waals surface area contributed by atoms with E-state index in [1.807, 2.05) is 0 Å². The minimum Gasteiger partial charge on any atom is -0.325 e. The fourth-order valence-electron chi connectivity index (χ4n) is 7.26. The first-order valence-corrected chi connectivity index (χ1v) is 9.01. The number of hydrogen-bond acceptors (Lipinski definition) is 1. The molecule has 5 aliphatic carbocycles. The molecule has 5 aliphatic rings. The second kappa shape index (κ2) is 4.48. The lowest BCUT2D eigenvalue weighted by Gasteiger charge is -2.66. The molecule has 5 unspecified atom stereocenters. The Morgan fingerprint density at radius 2 is 1.68 bits per heavy atom. The molecule has 0 radical (unpaired) electrons. The zero-order valence-electron chi connectivity index (χ0n) is 12.6. The van der Waals surface area contributed by atoms with Crippen LogP contribution in [-0.4, -0.2) is 5.54 Å². The van der Waals surface area contributed by atoms with Crippen molar-refractivity contribution in [3.63, 3.8) is 0 Å². The molecule has 1 heteroatoms. The van der Waals surface area contributed by atoms with E-state index in [0.717, 1.165) is 35.5 Å². The van der Waals surface area contributed by atoms with Crippen LogP contribution in [0.3, 0.4) is 0 Å². The van der Waals surface area contributed by atoms with E-state index in [4.69, 9.17) is 5.73 Å². The second-order valence-electron chi connectivity index (χ2n) is 8.35. The van der Waals surface area contributed by atoms with Crippen LogP contribution in [0.15, 0.2) is 0 Å². The first-order chi connectivity index (χ1) is 9.22. The molecular weight excluding hydrogens is 230 g/mol. The minimum atomic E-state index is 0.242. The quantitative estimate of drug-likeness (QED) is 0.785. The van der Waals surface area contributed by atoms with Crippen LogP contribution in [-0.2, 0) is 0 Å². The average Bonchev–Trinajstić information content (AvgIpc) is 2.38. The van der Waals surface area contributed by atoms with Crippen LogP contribution in [0.4, 0.5) is 0 Å². The van der Waals surface area contributed by atoms with Crippen molar-refractivity contribution in [2.75, 3.05) is 0 Å². The van der Waals surface area contributed by atoms with Crippen LogP contribution in [0, 0.1) is 35.5 Å². The number of nitrogens with two attached hydrogens (primary N) is 1. The van der Waals surface area contributed by atoms with Gasteiger partial charge in [-0.05, 0) is 61.2 Å². The Morgan fingerprint density at radius 3 is 2.42 bits per heavy atom. The lowest BCUT2D eigenvalue weighted by Crippen LogP contribution is -2.69. The normalized spacial score (nSPS) is 53.7. The van der Waals surface area contributed by atoms with Crippen molar-refractivity contribution in [2.45, 2.75) is 76.7 Å². The molecule has 0 amide bonds. The highest BCUT2D eigenvalue weighted by Crippen LogP contribution is 2.63. The van der Waals surface area contributed by atoms with Gasteiger partial charge in [0.25, 0.3) is 0 Å². The molecule has 1 nitrogen and oxygen atoms in total. The van der Waals surface area contributed by atoms with E-state index in [1.54, 1.807) is 0 Å². The van der Waals surface area contributed by atoms with Crippen molar-refractivity contribution in [3.05, 3.63) is 0 Å². The largest absolute Gasteiger partial charge is 0.325 e. The van der Waals surface area contributed by atoms with Gasteiger partial charge in [-0.1, -0.05) is 45.4 Å². The van der Waals surface area contributed by atoms with Crippen LogP contribution in [0.2, 0.25) is 0 Å². The van der Waals surface area contributed by atoms with Gasteiger partial charge in [0.2, 0.25) is 0 Å². The van der Waals surface area contributed by atoms with Gasteiger partial charge >= 0.3 is 0 Å². The summed E-state index contributed by atoms with van der Waals surface area (Å²) < 4.78 is 0. The summed E-state index contributed by atoms with van der Waals surface area (Å²) in [5, 5.41) is 0. The predicted octanol–water partition coefficient (Wildman–Crippen LogP) is 4.36. The third-order valence-electron chi connectivity index (χ3n) is 7.51. The van der Waals surface area contributed by atoms with E-state index >= 15 is 0 Å². The van der Waals surface area contributed by atoms with Crippen molar-refractivity contribution in [1.82, 2.24) is 0 Å². The van der Waals surface area contributed by atoms with E-state index in [2.05, 4.69) is 6.92 Å². The molecule has 0 aromatic carbocycles. The topological polar surface area (TPSA) is 26.0 Å². The summed E-state index contributed by atoms with van der Waals surface area (Å²) in [4.78, 5) is 0. The summed E-state index contributed by atoms with van der Waals surface area (Å²) in [5.74, 6) is 5.73. The Labute approximate surface area is 118 Å². The van der Waals surface area contributed by atoms with E-state index in [1.165, 1.54) is 64.2 Å². The van der Waals surface area contributed by atoms with Crippen LogP contribution >= 0.6 is 0 Å². The summed E-state index contributed by atoms with van der Waals surface area (Å²) in [6.07, 6.45) is 14.7. The lowest BCUT2D eigenvalue weighted by molar-refractivity contribution is -0.128. The smallest absolute Gasteiger partial charge is 0.0222 e. The van der Waals surface area contributed by atoms with Gasteiger partial charge < -0.3 is 5.73 Å². The molecule has 6 atom stereocenters. The van der Waals surface area contributed by atoms with Gasteiger partial charge in [0, 0.05) is 5.54 Å². The summed E-state index contributed by atoms with van der Waals surface area (Å²) >= 11 is 0. The summed E-state index contributed by atoms with van der Waals surface area (Å²) in [6, 6.07) is 0. The molecule has 0 spiro atoms. The van der Waals surface area contributed by atoms with Gasteiger partial charge in [0.1, 0.15) is 0 Å². The average molecular weight is 261 g/mol. The number of hydrogen-bond donors (Lipinski definition) is 1. The van der Waals surface area contributed by atoms with Crippen molar-refractivity contribution in [1.29, 1.82) is 0 Å². The molecule has 19 heavy (non-hydrogen) atoms. The molecule has 0 aromatic heterocycles. The van der Waals surface area contributed by atoms with Gasteiger partial charge in [-0.25, -0.2) is 0 Å². The Hall–Kier alpha value is -0.0400. The highest BCUT2D eigenvalue weighted by Gasteiger charge is 2.61. The molecule has 0 heterocycles. The van der Waals surface area contributed by atoms with Crippen LogP contribution in [0.25, 0.3) is 0 Å². The first-order valence-electron chi connectivity index (χ1n) is 9.01. The van der Waals surface area contributed by atoms with Gasteiger partial charge in [-0.2, -0.15) is 0 Å². The fourth-order valence-corrected chi connectivity index (χ4v) is 7.26. The van der Waals surface area contributed by atoms with Crippen molar-refractivity contribution in [3.8, 4) is 0 Å². The Kier molecular flexibility index (Phi) is 2.99. The molecule has 5 saturated carbocycles. The zero-order chi connectivity index (χ0) is 13.0. The molecule has 0 aliphatic heterocycles. The Bertz CT molecular complexity index is 344. The maximum atomic E-state index is 7.15. The van der Waals surface area contributed by atoms with Gasteiger partial charge in [0.05, 0.1) is 0 Å². The van der Waals surface area contributed by atoms with Gasteiger partial charge in [-0.15, -0.1) is 0 Å². The van der Waals surface area contributed by atoms with E-state index in [-0.39, 0.29) is 5.54 Å². The van der Waals surface area contributed by atoms with E-state index in [9.17, 15) is 0 Å². The van der Waals surface area contributed by atoms with Crippen LogP contribution in [0.1, 0.15) is 71.1 Å². The van der Waals surface area contributed by atoms with Crippen molar-refractivity contribution < 1.29 is 0 Å². The molecule has 5 rings (SSSR count). The van der Waals surface area contributed by atoms with Gasteiger partial charge in [0.15, 0.2) is 0 Å². The lowest BCUT2D eigenvalue weighted by atomic mass is 9.42. The third kappa shape index (κ3) is 1.76. The van der Waals surface area contributed by atoms with E-state index < -0.39 is 0 Å². The van der Waals surface area contributed by atoms with Crippen LogP contribution < -0.4 is 5.73 Å². The summed E-state index contributed by atoms with van der Waals surface area (Å²) in [6.45, 7) is 2.40. The molecule has 5 fully saturated rings. The zero-order valence-corrected chi connectivity index (χ0v) is 12.6. The highest BCUT2D eigenvalue weighted by molar-refractivity contribution is 5.14. The van der Waals surface area contributed by atoms with Crippen molar-refractivity contribution >= 4 is 0 Å². The SMILES string of the molecule is CCC1C2CC3CC(C2)C(C2CCCCC2)[C@]1(N)C3. The highest BCUT2D eigenvalue weighted by atomic mass is 14.9. The maximum absolute atomic E-state index is 7.15. The molecule has 4 bridgehead atoms. The third-order valence-corrected chi connectivity index (χ3v) is 7.51. The molecule has 0 aromatic rings. The molecular formula is C18H31N. The van der Waals surface area contributed by atoms with Crippen LogP contribution in [0.5, 0.6) is 0 Å². The Balaban J connectivity index is 1.66. The summed E-state index contributed by atoms with van der Waals surface area (Å²) in [7, 11) is 0. The standard InChI is InChI=1S/C18H31N/c1-2-16-14-8-12-9-15(10-14)17(18(16,19)11-12)13-6-4-3-5-7-13/h12-17H,2-11,19H2,1H3/t12?,14?,15?,16?,17?,18-/m0/s1. The molecule has 0 saturated heterocycles. The maximum Gasteiger partial charge on any atom is 0.0222 e. The first kappa shape index (κ1) is 12.7. The van der Waals surface area contributed by atoms with Crippen molar-refractivity contribution in [2.24, 2.45) is 41.2 Å². The molecule has 108 valence electrons. The monoisotopic (exact) mass is 261 g/mol. The fraction of sp³-hybridized carbons (Fsp3) is 1.00. The van der Waals surface area contributed by atoms with E-state index in [0.29, 0.717) is 0 Å². The van der Waals surface area contributed by atoms with Gasteiger partial charge in [-0.3, -0.25) is 0 Å². The predicted molar refractivity (Wildman–Crippen MR) is 79.7 cm³/mol. The summed E-state index contributed by atoms with van der Waals surface area (Å²) in [5.41, 5.74) is 7.39. The molecule has 2 N–H and O–H groups in total. The minimum absolute atomic E-state index is 0.242. The number of rotatable bonds is 2. The Morgan fingerprint density at radius 1 is 0.947 bits per heavy atom. The second-order valence-corrected chi connectivity index (χ2v) is 8.35.